The largest absolute Gasteiger partial charge is 0.497 e. The lowest BCUT2D eigenvalue weighted by molar-refractivity contribution is 0.174. The third kappa shape index (κ3) is 3.19. The number of β-amino-alcohol motifs (C(OH)–C–C–N with tert-alkyl or cyclic N) is 1. The summed E-state index contributed by atoms with van der Waals surface area (Å²) in [5.41, 5.74) is 7.24. The molecule has 0 aliphatic carbocycles. The smallest absolute Gasteiger partial charge is 0.119 e. The van der Waals surface area contributed by atoms with Crippen molar-refractivity contribution in [2.75, 3.05) is 26.7 Å². The molecule has 2 atom stereocenters. The van der Waals surface area contributed by atoms with Crippen LogP contribution >= 0.6 is 0 Å². The standard InChI is InChI=1S/C13H20N2O2/c1-17-12-4-2-3-10(7-12)13(14)9-15-6-5-11(16)8-15/h2-4,7,11,13,16H,5-6,8-9,14H2,1H3/t11-,13+/m0/s1. The second-order valence-electron chi connectivity index (χ2n) is 4.59. The van der Waals surface area contributed by atoms with E-state index in [0.717, 1.165) is 37.4 Å². The molecule has 0 spiro atoms. The first-order valence-electron chi connectivity index (χ1n) is 5.99. The molecule has 17 heavy (non-hydrogen) atoms. The predicted octanol–water partition coefficient (Wildman–Crippen LogP) is 0.762. The van der Waals surface area contributed by atoms with Crippen LogP contribution < -0.4 is 10.5 Å². The Hall–Kier alpha value is -1.10. The Kier molecular flexibility index (Phi) is 3.99. The van der Waals surface area contributed by atoms with E-state index in [9.17, 15) is 5.11 Å². The number of nitrogens with two attached hydrogens (primary N) is 1. The first-order valence-corrected chi connectivity index (χ1v) is 5.99. The molecule has 0 aromatic heterocycles. The van der Waals surface area contributed by atoms with E-state index in [0.29, 0.717) is 0 Å². The number of methoxy groups -OCH3 is 1. The van der Waals surface area contributed by atoms with Gasteiger partial charge in [0, 0.05) is 25.7 Å². The van der Waals surface area contributed by atoms with Gasteiger partial charge >= 0.3 is 0 Å². The van der Waals surface area contributed by atoms with Crippen LogP contribution in [0, 0.1) is 0 Å². The molecular weight excluding hydrogens is 216 g/mol. The SMILES string of the molecule is COc1cccc([C@H](N)CN2CC[C@H](O)C2)c1. The molecule has 1 saturated heterocycles. The highest BCUT2D eigenvalue weighted by Gasteiger charge is 2.22. The maximum Gasteiger partial charge on any atom is 0.119 e. The van der Waals surface area contributed by atoms with E-state index >= 15 is 0 Å². The van der Waals surface area contributed by atoms with Crippen LogP contribution in [0.3, 0.4) is 0 Å². The second-order valence-corrected chi connectivity index (χ2v) is 4.59. The normalized spacial score (nSPS) is 22.6. The van der Waals surface area contributed by atoms with Crippen molar-refractivity contribution in [3.8, 4) is 5.75 Å². The second kappa shape index (κ2) is 5.49. The summed E-state index contributed by atoms with van der Waals surface area (Å²) in [7, 11) is 1.65. The van der Waals surface area contributed by atoms with Crippen molar-refractivity contribution in [2.45, 2.75) is 18.6 Å². The number of nitrogens with zero attached hydrogens (tertiary/aromatic N) is 1. The third-order valence-corrected chi connectivity index (χ3v) is 3.22. The van der Waals surface area contributed by atoms with Gasteiger partial charge in [-0.25, -0.2) is 0 Å². The Morgan fingerprint density at radius 2 is 2.41 bits per heavy atom. The van der Waals surface area contributed by atoms with Gasteiger partial charge in [-0.1, -0.05) is 12.1 Å². The lowest BCUT2D eigenvalue weighted by atomic mass is 10.1. The number of hydrogen-bond donors (Lipinski definition) is 2. The molecular formula is C13H20N2O2. The molecule has 2 rings (SSSR count). The third-order valence-electron chi connectivity index (χ3n) is 3.22. The maximum absolute atomic E-state index is 9.46. The van der Waals surface area contributed by atoms with Crippen molar-refractivity contribution in [2.24, 2.45) is 5.73 Å². The quantitative estimate of drug-likeness (QED) is 0.810. The molecule has 1 heterocycles. The summed E-state index contributed by atoms with van der Waals surface area (Å²) in [4.78, 5) is 2.20. The molecule has 0 unspecified atom stereocenters. The van der Waals surface area contributed by atoms with Crippen LogP contribution in [-0.4, -0.2) is 42.9 Å². The Morgan fingerprint density at radius 3 is 3.06 bits per heavy atom. The minimum absolute atomic E-state index is 0.0320. The van der Waals surface area contributed by atoms with E-state index < -0.39 is 0 Å². The van der Waals surface area contributed by atoms with Gasteiger partial charge in [-0.3, -0.25) is 4.90 Å². The lowest BCUT2D eigenvalue weighted by Crippen LogP contribution is -2.31. The lowest BCUT2D eigenvalue weighted by Gasteiger charge is -2.20. The number of aliphatic hydroxyl groups excluding tert-OH is 1. The molecule has 4 heteroatoms. The summed E-state index contributed by atoms with van der Waals surface area (Å²) in [5, 5.41) is 9.46. The van der Waals surface area contributed by atoms with E-state index in [-0.39, 0.29) is 12.1 Å². The highest BCUT2D eigenvalue weighted by molar-refractivity contribution is 5.30. The number of benzene rings is 1. The fourth-order valence-corrected chi connectivity index (χ4v) is 2.23. The predicted molar refractivity (Wildman–Crippen MR) is 67.0 cm³/mol. The Balaban J connectivity index is 1.96. The first-order chi connectivity index (χ1) is 8.19. The highest BCUT2D eigenvalue weighted by Crippen LogP contribution is 2.20. The summed E-state index contributed by atoms with van der Waals surface area (Å²) >= 11 is 0. The molecule has 1 fully saturated rings. The average molecular weight is 236 g/mol. The zero-order chi connectivity index (χ0) is 12.3. The summed E-state index contributed by atoms with van der Waals surface area (Å²) in [6.07, 6.45) is 0.665. The Bertz CT molecular complexity index is 370. The number of likely N-dealkylation sites (tertiary alicyclic amines) is 1. The molecule has 0 radical (unpaired) electrons. The van der Waals surface area contributed by atoms with Gasteiger partial charge < -0.3 is 15.6 Å². The molecule has 0 bridgehead atoms. The van der Waals surface area contributed by atoms with Gasteiger partial charge in [-0.2, -0.15) is 0 Å². The van der Waals surface area contributed by atoms with Crippen molar-refractivity contribution in [1.29, 1.82) is 0 Å². The van der Waals surface area contributed by atoms with Crippen molar-refractivity contribution in [3.05, 3.63) is 29.8 Å². The molecule has 1 aliphatic heterocycles. The molecule has 1 aliphatic rings. The Labute approximate surface area is 102 Å². The first kappa shape index (κ1) is 12.4. The van der Waals surface area contributed by atoms with Gasteiger partial charge in [0.15, 0.2) is 0 Å². The topological polar surface area (TPSA) is 58.7 Å². The molecule has 3 N–H and O–H groups in total. The van der Waals surface area contributed by atoms with Crippen LogP contribution in [0.4, 0.5) is 0 Å². The van der Waals surface area contributed by atoms with Crippen LogP contribution in [0.1, 0.15) is 18.0 Å². The monoisotopic (exact) mass is 236 g/mol. The van der Waals surface area contributed by atoms with Crippen LogP contribution in [0.2, 0.25) is 0 Å². The van der Waals surface area contributed by atoms with Crippen LogP contribution in [0.25, 0.3) is 0 Å². The number of ether oxygens (including phenoxy) is 1. The van der Waals surface area contributed by atoms with E-state index in [1.807, 2.05) is 24.3 Å². The van der Waals surface area contributed by atoms with E-state index in [1.54, 1.807) is 7.11 Å². The Morgan fingerprint density at radius 1 is 1.59 bits per heavy atom. The van der Waals surface area contributed by atoms with Crippen molar-refractivity contribution in [3.63, 3.8) is 0 Å². The minimum Gasteiger partial charge on any atom is -0.497 e. The van der Waals surface area contributed by atoms with Gasteiger partial charge in [-0.05, 0) is 24.1 Å². The van der Waals surface area contributed by atoms with Gasteiger partial charge in [-0.15, -0.1) is 0 Å². The molecule has 1 aromatic rings. The van der Waals surface area contributed by atoms with E-state index in [4.69, 9.17) is 10.5 Å². The van der Waals surface area contributed by atoms with E-state index in [2.05, 4.69) is 4.90 Å². The van der Waals surface area contributed by atoms with Crippen molar-refractivity contribution < 1.29 is 9.84 Å². The van der Waals surface area contributed by atoms with E-state index in [1.165, 1.54) is 0 Å². The molecule has 0 amide bonds. The van der Waals surface area contributed by atoms with Crippen molar-refractivity contribution in [1.82, 2.24) is 4.90 Å². The maximum atomic E-state index is 9.46. The van der Waals surface area contributed by atoms with Gasteiger partial charge in [0.1, 0.15) is 5.75 Å². The van der Waals surface area contributed by atoms with Gasteiger partial charge in [0.05, 0.1) is 13.2 Å². The molecule has 0 saturated carbocycles. The summed E-state index contributed by atoms with van der Waals surface area (Å²) in [6.45, 7) is 2.45. The van der Waals surface area contributed by atoms with Crippen LogP contribution in [0.15, 0.2) is 24.3 Å². The number of aliphatic hydroxyl groups is 1. The van der Waals surface area contributed by atoms with Gasteiger partial charge in [0.2, 0.25) is 0 Å². The fraction of sp³-hybridized carbons (Fsp3) is 0.538. The molecule has 94 valence electrons. The van der Waals surface area contributed by atoms with Crippen LogP contribution in [0.5, 0.6) is 5.75 Å². The zero-order valence-corrected chi connectivity index (χ0v) is 10.2. The molecule has 1 aromatic carbocycles. The number of rotatable bonds is 4. The van der Waals surface area contributed by atoms with Gasteiger partial charge in [0.25, 0.3) is 0 Å². The van der Waals surface area contributed by atoms with Crippen LogP contribution in [-0.2, 0) is 0 Å². The average Bonchev–Trinajstić information content (AvgIpc) is 2.75. The zero-order valence-electron chi connectivity index (χ0n) is 10.2. The van der Waals surface area contributed by atoms with Crippen molar-refractivity contribution >= 4 is 0 Å². The minimum atomic E-state index is -0.187. The fourth-order valence-electron chi connectivity index (χ4n) is 2.23. The number of hydrogen-bond acceptors (Lipinski definition) is 4. The highest BCUT2D eigenvalue weighted by atomic mass is 16.5. The summed E-state index contributed by atoms with van der Waals surface area (Å²) < 4.78 is 5.18. The molecule has 4 nitrogen and oxygen atoms in total. The summed E-state index contributed by atoms with van der Waals surface area (Å²) in [6, 6.07) is 7.81. The summed E-state index contributed by atoms with van der Waals surface area (Å²) in [5.74, 6) is 0.833.